The summed E-state index contributed by atoms with van der Waals surface area (Å²) >= 11 is 0. The summed E-state index contributed by atoms with van der Waals surface area (Å²) in [6.45, 7) is 0.580. The van der Waals surface area contributed by atoms with E-state index in [4.69, 9.17) is 0 Å². The van der Waals surface area contributed by atoms with Gasteiger partial charge in [-0.1, -0.05) is 60.7 Å². The smallest absolute Gasteiger partial charge is 0.224 e. The summed E-state index contributed by atoms with van der Waals surface area (Å²) in [5.74, 6) is 0.0836. The predicted octanol–water partition coefficient (Wildman–Crippen LogP) is -0.317. The number of aliphatic hydroxyl groups excluding tert-OH is 1. The Kier molecular flexibility index (Phi) is 6.75. The molecule has 118 valence electrons. The van der Waals surface area contributed by atoms with Crippen molar-refractivity contribution >= 4 is 5.78 Å². The number of aliphatic hydroxyl groups is 1. The lowest BCUT2D eigenvalue weighted by atomic mass is 9.94. The molecule has 2 rings (SSSR count). The number of carbonyl (C=O) groups excluding carboxylic acids is 1. The van der Waals surface area contributed by atoms with Gasteiger partial charge < -0.3 is 22.0 Å². The maximum absolute atomic E-state index is 13.0. The third kappa shape index (κ3) is 4.17. The molecule has 0 saturated heterocycles. The molecule has 0 fully saturated rings. The first-order chi connectivity index (χ1) is 10.1. The van der Waals surface area contributed by atoms with Gasteiger partial charge >= 0.3 is 0 Å². The summed E-state index contributed by atoms with van der Waals surface area (Å²) in [5.41, 5.74) is 1.68. The van der Waals surface area contributed by atoms with Crippen LogP contribution in [0.25, 0.3) is 0 Å². The third-order valence-corrected chi connectivity index (χ3v) is 3.80. The van der Waals surface area contributed by atoms with Crippen molar-refractivity contribution in [3.63, 3.8) is 0 Å². The normalized spacial score (nSPS) is 12.3. The Balaban J connectivity index is 0.00000242. The van der Waals surface area contributed by atoms with Gasteiger partial charge in [0.15, 0.2) is 6.04 Å². The molecule has 4 heteroatoms. The minimum Gasteiger partial charge on any atom is -1.00 e. The van der Waals surface area contributed by atoms with Gasteiger partial charge in [-0.15, -0.1) is 0 Å². The fourth-order valence-corrected chi connectivity index (χ4v) is 2.65. The van der Waals surface area contributed by atoms with Crippen LogP contribution in [0.3, 0.4) is 0 Å². The maximum Gasteiger partial charge on any atom is 0.224 e. The molecule has 2 aromatic rings. The van der Waals surface area contributed by atoms with Crippen LogP contribution in [0.1, 0.15) is 22.0 Å². The molecule has 3 nitrogen and oxygen atoms in total. The second-order valence-corrected chi connectivity index (χ2v) is 5.77. The lowest BCUT2D eigenvalue weighted by molar-refractivity contribution is -0.911. The molecule has 1 unspecified atom stereocenters. The zero-order chi connectivity index (χ0) is 15.3. The van der Waals surface area contributed by atoms with Crippen LogP contribution < -0.4 is 12.4 Å². The Morgan fingerprint density at radius 1 is 1.00 bits per heavy atom. The van der Waals surface area contributed by atoms with Crippen LogP contribution in [0.4, 0.5) is 0 Å². The second kappa shape index (κ2) is 8.08. The summed E-state index contributed by atoms with van der Waals surface area (Å²) in [7, 11) is 3.96. The van der Waals surface area contributed by atoms with E-state index in [9.17, 15) is 9.90 Å². The number of Topliss-reactive ketones (excluding diaryl/α,β-unsaturated/α-hetero) is 1. The maximum atomic E-state index is 13.0. The first-order valence-corrected chi connectivity index (χ1v) is 7.14. The van der Waals surface area contributed by atoms with Gasteiger partial charge in [-0.2, -0.15) is 0 Å². The number of nitrogens with zero attached hydrogens (tertiary/aromatic N) is 1. The molecule has 0 amide bonds. The molecule has 2 aromatic carbocycles. The van der Waals surface area contributed by atoms with Gasteiger partial charge in [0.25, 0.3) is 0 Å². The van der Waals surface area contributed by atoms with Crippen LogP contribution in [-0.4, -0.2) is 42.6 Å². The van der Waals surface area contributed by atoms with Crippen molar-refractivity contribution in [2.45, 2.75) is 6.04 Å². The van der Waals surface area contributed by atoms with Crippen LogP contribution in [0.5, 0.6) is 0 Å². The Labute approximate surface area is 138 Å². The number of carbonyl (C=O) groups is 1. The standard InChI is InChI=1S/C18H22NO2.ClH/c1-19(2,13-14-20)17(15-9-5-3-6-10-15)18(21)16-11-7-4-8-12-16;/h3-12,17,20H,13-14H2,1-2H3;1H/q+1;/p-1. The third-order valence-electron chi connectivity index (χ3n) is 3.80. The monoisotopic (exact) mass is 319 g/mol. The quantitative estimate of drug-likeness (QED) is 0.585. The van der Waals surface area contributed by atoms with Gasteiger partial charge in [-0.05, 0) is 0 Å². The molecule has 1 N–H and O–H groups in total. The zero-order valence-corrected chi connectivity index (χ0v) is 13.7. The van der Waals surface area contributed by atoms with E-state index >= 15 is 0 Å². The van der Waals surface area contributed by atoms with Crippen molar-refractivity contribution in [2.24, 2.45) is 0 Å². The predicted molar refractivity (Wildman–Crippen MR) is 84.0 cm³/mol. The highest BCUT2D eigenvalue weighted by atomic mass is 35.5. The molecule has 0 bridgehead atoms. The number of hydrogen-bond acceptors (Lipinski definition) is 2. The lowest BCUT2D eigenvalue weighted by Crippen LogP contribution is -3.00. The molecule has 0 aliphatic heterocycles. The number of hydrogen-bond donors (Lipinski definition) is 1. The van der Waals surface area contributed by atoms with Crippen molar-refractivity contribution in [1.82, 2.24) is 0 Å². The van der Waals surface area contributed by atoms with Crippen molar-refractivity contribution in [1.29, 1.82) is 0 Å². The van der Waals surface area contributed by atoms with E-state index in [0.717, 1.165) is 5.56 Å². The molecule has 0 spiro atoms. The SMILES string of the molecule is C[N+](C)(CCO)C(C(=O)c1ccccc1)c1ccccc1.[Cl-]. The second-order valence-electron chi connectivity index (χ2n) is 5.77. The Morgan fingerprint density at radius 3 is 2.00 bits per heavy atom. The van der Waals surface area contributed by atoms with Gasteiger partial charge in [-0.3, -0.25) is 4.79 Å². The molecule has 1 atom stereocenters. The zero-order valence-electron chi connectivity index (χ0n) is 12.9. The Morgan fingerprint density at radius 2 is 1.50 bits per heavy atom. The van der Waals surface area contributed by atoms with Crippen LogP contribution >= 0.6 is 0 Å². The van der Waals surface area contributed by atoms with E-state index in [1.165, 1.54) is 0 Å². The summed E-state index contributed by atoms with van der Waals surface area (Å²) in [6.07, 6.45) is 0. The highest BCUT2D eigenvalue weighted by Crippen LogP contribution is 2.28. The van der Waals surface area contributed by atoms with Crippen LogP contribution in [0, 0.1) is 0 Å². The summed E-state index contributed by atoms with van der Waals surface area (Å²) in [4.78, 5) is 13.0. The molecule has 0 saturated carbocycles. The average molecular weight is 320 g/mol. The average Bonchev–Trinajstić information content (AvgIpc) is 2.49. The highest BCUT2D eigenvalue weighted by Gasteiger charge is 2.36. The topological polar surface area (TPSA) is 37.3 Å². The van der Waals surface area contributed by atoms with Crippen molar-refractivity contribution < 1.29 is 26.8 Å². The van der Waals surface area contributed by atoms with E-state index in [0.29, 0.717) is 16.6 Å². The number of rotatable bonds is 6. The molecular formula is C18H22ClNO2. The largest absolute Gasteiger partial charge is 1.00 e. The molecule has 0 aliphatic rings. The molecule has 22 heavy (non-hydrogen) atoms. The van der Waals surface area contributed by atoms with E-state index in [-0.39, 0.29) is 30.8 Å². The van der Waals surface area contributed by atoms with Crippen molar-refractivity contribution in [3.8, 4) is 0 Å². The number of likely N-dealkylation sites (N-methyl/N-ethyl adjacent to an activating group) is 1. The highest BCUT2D eigenvalue weighted by molar-refractivity contribution is 5.99. The summed E-state index contributed by atoms with van der Waals surface area (Å²) in [5, 5.41) is 9.32. The van der Waals surface area contributed by atoms with E-state index in [1.807, 2.05) is 74.8 Å². The lowest BCUT2D eigenvalue weighted by Gasteiger charge is -2.37. The van der Waals surface area contributed by atoms with E-state index in [2.05, 4.69) is 0 Å². The van der Waals surface area contributed by atoms with Gasteiger partial charge in [-0.25, -0.2) is 0 Å². The number of benzene rings is 2. The summed E-state index contributed by atoms with van der Waals surface area (Å²) < 4.78 is 0.425. The Hall–Kier alpha value is -1.68. The van der Waals surface area contributed by atoms with Gasteiger partial charge in [0.05, 0.1) is 20.7 Å². The van der Waals surface area contributed by atoms with Gasteiger partial charge in [0, 0.05) is 11.1 Å². The van der Waals surface area contributed by atoms with Crippen LogP contribution in [0.15, 0.2) is 60.7 Å². The summed E-state index contributed by atoms with van der Waals surface area (Å²) in [6, 6.07) is 18.8. The first kappa shape index (κ1) is 18.4. The number of ketones is 1. The number of quaternary nitrogens is 1. The fraction of sp³-hybridized carbons (Fsp3) is 0.278. The molecule has 0 radical (unpaired) electrons. The minimum absolute atomic E-state index is 0. The van der Waals surface area contributed by atoms with Crippen LogP contribution in [-0.2, 0) is 0 Å². The van der Waals surface area contributed by atoms with E-state index in [1.54, 1.807) is 0 Å². The minimum atomic E-state index is -0.319. The van der Waals surface area contributed by atoms with E-state index < -0.39 is 0 Å². The van der Waals surface area contributed by atoms with Gasteiger partial charge in [0.1, 0.15) is 6.54 Å². The van der Waals surface area contributed by atoms with Gasteiger partial charge in [0.2, 0.25) is 5.78 Å². The first-order valence-electron chi connectivity index (χ1n) is 7.14. The molecule has 0 heterocycles. The molecule has 0 aromatic heterocycles. The van der Waals surface area contributed by atoms with Crippen molar-refractivity contribution in [2.75, 3.05) is 27.2 Å². The molecule has 0 aliphatic carbocycles. The fourth-order valence-electron chi connectivity index (χ4n) is 2.65. The molecular weight excluding hydrogens is 298 g/mol. The number of halogens is 1. The van der Waals surface area contributed by atoms with Crippen LogP contribution in [0.2, 0.25) is 0 Å². The van der Waals surface area contributed by atoms with Crippen molar-refractivity contribution in [3.05, 3.63) is 71.8 Å². The Bertz CT molecular complexity index is 585.